The van der Waals surface area contributed by atoms with E-state index >= 15 is 0 Å². The third kappa shape index (κ3) is 17.0. The van der Waals surface area contributed by atoms with Crippen molar-refractivity contribution in [2.24, 2.45) is 0 Å². The van der Waals surface area contributed by atoms with E-state index in [0.717, 1.165) is 24.0 Å². The van der Waals surface area contributed by atoms with Gasteiger partial charge in [-0.3, -0.25) is 9.11 Å². The minimum Gasteiger partial charge on any atom is -0.456 e. The Bertz CT molecular complexity index is 406. The van der Waals surface area contributed by atoms with Crippen molar-refractivity contribution in [2.75, 3.05) is 33.8 Å². The fourth-order valence-electron chi connectivity index (χ4n) is 1.05. The van der Waals surface area contributed by atoms with Crippen LogP contribution in [0.5, 0.6) is 0 Å². The molecule has 20 heavy (non-hydrogen) atoms. The summed E-state index contributed by atoms with van der Waals surface area (Å²) in [6.07, 6.45) is 2.76. The molecule has 7 nitrogen and oxygen atoms in total. The van der Waals surface area contributed by atoms with E-state index in [0.29, 0.717) is 12.2 Å². The summed E-state index contributed by atoms with van der Waals surface area (Å²) in [6.45, 7) is 8.33. The molecule has 0 saturated heterocycles. The molecule has 0 aliphatic carbocycles. The smallest absolute Gasteiger partial charge is 0.394 e. The Labute approximate surface area is 121 Å². The molecule has 0 aromatic rings. The number of rotatable bonds is 6. The van der Waals surface area contributed by atoms with E-state index < -0.39 is 10.4 Å². The van der Waals surface area contributed by atoms with E-state index in [1.165, 1.54) is 0 Å². The van der Waals surface area contributed by atoms with Crippen LogP contribution in [-0.4, -0.2) is 61.8 Å². The first-order chi connectivity index (χ1) is 8.93. The van der Waals surface area contributed by atoms with Gasteiger partial charge in [-0.15, -0.1) is 0 Å². The minimum atomic E-state index is -4.67. The Hall–Kier alpha value is -0.960. The number of likely N-dealkylation sites (N-methyl/N-ethyl adjacent to an activating group) is 1. The van der Waals surface area contributed by atoms with Crippen LogP contribution in [0, 0.1) is 0 Å². The summed E-state index contributed by atoms with van der Waals surface area (Å²) in [5.74, 6) is -0.187. The molecular formula is C12H26NO6S+. The van der Waals surface area contributed by atoms with Gasteiger partial charge in [0, 0.05) is 5.57 Å². The summed E-state index contributed by atoms with van der Waals surface area (Å²) < 4.78 is 37.6. The van der Waals surface area contributed by atoms with Crippen molar-refractivity contribution in [2.45, 2.75) is 27.2 Å². The summed E-state index contributed by atoms with van der Waals surface area (Å²) in [6, 6.07) is 0. The largest absolute Gasteiger partial charge is 0.456 e. The van der Waals surface area contributed by atoms with Gasteiger partial charge >= 0.3 is 16.4 Å². The SMILES string of the molecule is CCC=C(C)C(=O)OCC[N+](C)(C)CC.O=S(=O)(O)O. The van der Waals surface area contributed by atoms with Gasteiger partial charge in [0.15, 0.2) is 0 Å². The average molecular weight is 312 g/mol. The summed E-state index contributed by atoms with van der Waals surface area (Å²) in [4.78, 5) is 11.4. The molecule has 0 atom stereocenters. The van der Waals surface area contributed by atoms with Crippen LogP contribution in [0.15, 0.2) is 11.6 Å². The van der Waals surface area contributed by atoms with Crippen LogP contribution in [0.3, 0.4) is 0 Å². The molecule has 0 unspecified atom stereocenters. The van der Waals surface area contributed by atoms with Gasteiger partial charge in [0.1, 0.15) is 13.2 Å². The first-order valence-electron chi connectivity index (χ1n) is 6.28. The molecule has 0 aromatic heterocycles. The number of quaternary nitrogens is 1. The van der Waals surface area contributed by atoms with Crippen LogP contribution < -0.4 is 0 Å². The molecule has 0 saturated carbocycles. The molecule has 0 radical (unpaired) electrons. The molecule has 0 amide bonds. The van der Waals surface area contributed by atoms with E-state index in [1.54, 1.807) is 6.92 Å². The number of hydrogen-bond donors (Lipinski definition) is 2. The maximum Gasteiger partial charge on any atom is 0.394 e. The van der Waals surface area contributed by atoms with Gasteiger partial charge in [-0.2, -0.15) is 8.42 Å². The normalized spacial score (nSPS) is 12.4. The Morgan fingerprint density at radius 1 is 1.25 bits per heavy atom. The summed E-state index contributed by atoms with van der Waals surface area (Å²) in [5.41, 5.74) is 0.708. The van der Waals surface area contributed by atoms with Crippen molar-refractivity contribution in [1.82, 2.24) is 0 Å². The average Bonchev–Trinajstić information content (AvgIpc) is 2.26. The molecule has 0 spiro atoms. The molecule has 0 aromatic carbocycles. The Balaban J connectivity index is 0. The number of ether oxygens (including phenoxy) is 1. The van der Waals surface area contributed by atoms with Gasteiger partial charge in [-0.05, 0) is 20.3 Å². The molecule has 120 valence electrons. The van der Waals surface area contributed by atoms with Gasteiger partial charge in [-0.1, -0.05) is 13.0 Å². The maximum atomic E-state index is 11.4. The third-order valence-corrected chi connectivity index (χ3v) is 2.62. The first kappa shape index (κ1) is 21.3. The predicted octanol–water partition coefficient (Wildman–Crippen LogP) is 1.33. The summed E-state index contributed by atoms with van der Waals surface area (Å²) in [5, 5.41) is 0. The highest BCUT2D eigenvalue weighted by Crippen LogP contribution is 2.00. The molecule has 8 heteroatoms. The lowest BCUT2D eigenvalue weighted by Gasteiger charge is -2.27. The van der Waals surface area contributed by atoms with E-state index in [2.05, 4.69) is 21.0 Å². The van der Waals surface area contributed by atoms with Crippen molar-refractivity contribution in [3.8, 4) is 0 Å². The summed E-state index contributed by atoms with van der Waals surface area (Å²) in [7, 11) is -0.412. The lowest BCUT2D eigenvalue weighted by atomic mass is 10.2. The second kappa shape index (κ2) is 9.87. The van der Waals surface area contributed by atoms with Gasteiger partial charge in [0.05, 0.1) is 20.6 Å². The van der Waals surface area contributed by atoms with Gasteiger partial charge in [0.25, 0.3) is 0 Å². The van der Waals surface area contributed by atoms with E-state index in [-0.39, 0.29) is 5.97 Å². The quantitative estimate of drug-likeness (QED) is 0.332. The number of carbonyl (C=O) groups excluding carboxylic acids is 1. The van der Waals surface area contributed by atoms with Crippen LogP contribution >= 0.6 is 0 Å². The zero-order valence-electron chi connectivity index (χ0n) is 12.8. The molecule has 0 rings (SSSR count). The van der Waals surface area contributed by atoms with Crippen molar-refractivity contribution in [3.63, 3.8) is 0 Å². The molecule has 2 N–H and O–H groups in total. The molecular weight excluding hydrogens is 286 g/mol. The van der Waals surface area contributed by atoms with Crippen molar-refractivity contribution >= 4 is 16.4 Å². The Morgan fingerprint density at radius 2 is 1.70 bits per heavy atom. The Morgan fingerprint density at radius 3 is 2.05 bits per heavy atom. The number of carbonyl (C=O) groups is 1. The van der Waals surface area contributed by atoms with Crippen LogP contribution in [0.25, 0.3) is 0 Å². The fraction of sp³-hybridized carbons (Fsp3) is 0.750. The molecule has 0 aliphatic heterocycles. The van der Waals surface area contributed by atoms with Crippen LogP contribution in [-0.2, 0) is 19.9 Å². The summed E-state index contributed by atoms with van der Waals surface area (Å²) >= 11 is 0. The van der Waals surface area contributed by atoms with Gasteiger partial charge in [-0.25, -0.2) is 4.79 Å². The number of allylic oxidation sites excluding steroid dienone is 1. The second-order valence-electron chi connectivity index (χ2n) is 4.85. The Kier molecular flexibility index (Phi) is 10.5. The molecule has 0 heterocycles. The molecule has 0 bridgehead atoms. The van der Waals surface area contributed by atoms with Crippen molar-refractivity contribution in [3.05, 3.63) is 11.6 Å². The first-order valence-corrected chi connectivity index (χ1v) is 7.68. The highest BCUT2D eigenvalue weighted by atomic mass is 32.3. The number of nitrogens with zero attached hydrogens (tertiary/aromatic N) is 1. The monoisotopic (exact) mass is 312 g/mol. The van der Waals surface area contributed by atoms with Crippen molar-refractivity contribution < 1.29 is 31.5 Å². The lowest BCUT2D eigenvalue weighted by Crippen LogP contribution is -2.42. The third-order valence-electron chi connectivity index (χ3n) is 2.62. The van der Waals surface area contributed by atoms with Crippen LogP contribution in [0.1, 0.15) is 27.2 Å². The molecule has 0 fully saturated rings. The van der Waals surface area contributed by atoms with Gasteiger partial charge < -0.3 is 9.22 Å². The number of esters is 1. The molecule has 0 aliphatic rings. The zero-order valence-corrected chi connectivity index (χ0v) is 13.6. The standard InChI is InChI=1S/C12H24NO2.H2O4S/c1-6-8-11(3)12(14)15-10-9-13(4,5)7-2;1-5(2,3)4/h8H,6-7,9-10H2,1-5H3;(H2,1,2,3,4)/q+1;. The highest BCUT2D eigenvalue weighted by Gasteiger charge is 2.13. The topological polar surface area (TPSA) is 101 Å². The lowest BCUT2D eigenvalue weighted by molar-refractivity contribution is -0.888. The second-order valence-corrected chi connectivity index (χ2v) is 5.75. The van der Waals surface area contributed by atoms with Crippen LogP contribution in [0.4, 0.5) is 0 Å². The highest BCUT2D eigenvalue weighted by molar-refractivity contribution is 7.79. The van der Waals surface area contributed by atoms with Crippen molar-refractivity contribution in [1.29, 1.82) is 0 Å². The minimum absolute atomic E-state index is 0.187. The maximum absolute atomic E-state index is 11.4. The zero-order chi connectivity index (χ0) is 16.4. The van der Waals surface area contributed by atoms with Crippen LogP contribution in [0.2, 0.25) is 0 Å². The van der Waals surface area contributed by atoms with Gasteiger partial charge in [0.2, 0.25) is 0 Å². The number of hydrogen-bond acceptors (Lipinski definition) is 4. The fourth-order valence-corrected chi connectivity index (χ4v) is 1.05. The van der Waals surface area contributed by atoms with E-state index in [1.807, 2.05) is 13.0 Å². The predicted molar refractivity (Wildman–Crippen MR) is 76.7 cm³/mol. The van der Waals surface area contributed by atoms with E-state index in [9.17, 15) is 4.79 Å². The van der Waals surface area contributed by atoms with E-state index in [4.69, 9.17) is 22.3 Å².